The number of rotatable bonds is 3. The Morgan fingerprint density at radius 2 is 1.86 bits per heavy atom. The normalized spacial score (nSPS) is 28.7. The quantitative estimate of drug-likeness (QED) is 0.799. The number of hydrogen-bond donors (Lipinski definition) is 0. The smallest absolute Gasteiger partial charge is 0.226 e. The Kier molecular flexibility index (Phi) is 5.93. The van der Waals surface area contributed by atoms with Gasteiger partial charge in [-0.1, -0.05) is 18.2 Å². The van der Waals surface area contributed by atoms with Gasteiger partial charge >= 0.3 is 0 Å². The molecule has 1 amide bonds. The molecule has 0 aromatic heterocycles. The van der Waals surface area contributed by atoms with E-state index >= 15 is 0 Å². The van der Waals surface area contributed by atoms with Crippen molar-refractivity contribution in [2.24, 2.45) is 11.8 Å². The lowest BCUT2D eigenvalue weighted by Crippen LogP contribution is -2.51. The van der Waals surface area contributed by atoms with E-state index in [2.05, 4.69) is 36.0 Å². The molecule has 1 spiro atoms. The van der Waals surface area contributed by atoms with Gasteiger partial charge in [0.25, 0.3) is 0 Å². The van der Waals surface area contributed by atoms with Crippen LogP contribution in [0.2, 0.25) is 0 Å². The average molecular weight is 387 g/mol. The molecule has 2 aliphatic heterocycles. The van der Waals surface area contributed by atoms with Gasteiger partial charge in [0.1, 0.15) is 11.4 Å². The van der Waals surface area contributed by atoms with Gasteiger partial charge in [-0.25, -0.2) is 0 Å². The summed E-state index contributed by atoms with van der Waals surface area (Å²) in [6.07, 6.45) is 6.07. The fourth-order valence-electron chi connectivity index (χ4n) is 5.13. The van der Waals surface area contributed by atoms with Gasteiger partial charge < -0.3 is 19.3 Å². The van der Waals surface area contributed by atoms with Crippen LogP contribution in [0.3, 0.4) is 0 Å². The number of benzene rings is 1. The SMILES string of the molecule is CN(C)CC1CCC2(CC1)CN(C(=O)C1CCOCC1)Cc1ccccc1O2. The van der Waals surface area contributed by atoms with Crippen LogP contribution in [0.15, 0.2) is 24.3 Å². The molecule has 0 N–H and O–H groups in total. The molecule has 28 heavy (non-hydrogen) atoms. The van der Waals surface area contributed by atoms with Gasteiger partial charge in [0.2, 0.25) is 5.91 Å². The van der Waals surface area contributed by atoms with Crippen LogP contribution >= 0.6 is 0 Å². The Morgan fingerprint density at radius 3 is 2.57 bits per heavy atom. The summed E-state index contributed by atoms with van der Waals surface area (Å²) >= 11 is 0. The summed E-state index contributed by atoms with van der Waals surface area (Å²) in [5.74, 6) is 2.08. The third kappa shape index (κ3) is 4.36. The molecule has 0 radical (unpaired) electrons. The Bertz CT molecular complexity index is 676. The monoisotopic (exact) mass is 386 g/mol. The van der Waals surface area contributed by atoms with E-state index in [-0.39, 0.29) is 11.5 Å². The predicted molar refractivity (Wildman–Crippen MR) is 109 cm³/mol. The van der Waals surface area contributed by atoms with E-state index in [1.54, 1.807) is 0 Å². The summed E-state index contributed by atoms with van der Waals surface area (Å²) in [6, 6.07) is 8.27. The standard InChI is InChI=1S/C23H34N2O3/c1-24(2)15-18-7-11-23(12-8-18)17-25(22(26)19-9-13-27-14-10-19)16-20-5-3-4-6-21(20)28-23/h3-6,18-19H,7-17H2,1-2H3. The van der Waals surface area contributed by atoms with Gasteiger partial charge in [0.05, 0.1) is 6.54 Å². The second-order valence-electron chi connectivity index (χ2n) is 9.18. The molecule has 1 aliphatic carbocycles. The van der Waals surface area contributed by atoms with Crippen molar-refractivity contribution in [2.75, 3.05) is 40.4 Å². The van der Waals surface area contributed by atoms with Crippen LogP contribution in [-0.2, 0) is 16.1 Å². The number of fused-ring (bicyclic) bond motifs is 1. The number of carbonyl (C=O) groups excluding carboxylic acids is 1. The highest BCUT2D eigenvalue weighted by molar-refractivity contribution is 5.79. The van der Waals surface area contributed by atoms with Crippen LogP contribution in [0.25, 0.3) is 0 Å². The Morgan fingerprint density at radius 1 is 1.14 bits per heavy atom. The first-order valence-electron chi connectivity index (χ1n) is 10.8. The summed E-state index contributed by atoms with van der Waals surface area (Å²) in [7, 11) is 4.30. The van der Waals surface area contributed by atoms with Gasteiger partial charge in [0, 0.05) is 37.8 Å². The van der Waals surface area contributed by atoms with Crippen LogP contribution in [0.4, 0.5) is 0 Å². The highest BCUT2D eigenvalue weighted by Crippen LogP contribution is 2.40. The number of carbonyl (C=O) groups is 1. The van der Waals surface area contributed by atoms with E-state index in [0.29, 0.717) is 32.2 Å². The first-order chi connectivity index (χ1) is 13.5. The Balaban J connectivity index is 1.54. The number of ether oxygens (including phenoxy) is 2. The first kappa shape index (κ1) is 19.7. The molecule has 2 heterocycles. The summed E-state index contributed by atoms with van der Waals surface area (Å²) < 4.78 is 12.1. The molecule has 0 unspecified atom stereocenters. The van der Waals surface area contributed by atoms with E-state index in [9.17, 15) is 4.79 Å². The van der Waals surface area contributed by atoms with Crippen LogP contribution in [-0.4, -0.2) is 61.7 Å². The summed E-state index contributed by atoms with van der Waals surface area (Å²) in [4.78, 5) is 17.7. The number of para-hydroxylation sites is 1. The number of nitrogens with zero attached hydrogens (tertiary/aromatic N) is 2. The third-order valence-corrected chi connectivity index (χ3v) is 6.66. The van der Waals surface area contributed by atoms with E-state index < -0.39 is 0 Å². The minimum absolute atomic E-state index is 0.0983. The molecular formula is C23H34N2O3. The molecule has 3 aliphatic rings. The maximum absolute atomic E-state index is 13.4. The largest absolute Gasteiger partial charge is 0.485 e. The molecule has 0 bridgehead atoms. The maximum atomic E-state index is 13.4. The van der Waals surface area contributed by atoms with Crippen molar-refractivity contribution in [3.63, 3.8) is 0 Å². The molecule has 1 aromatic rings. The second kappa shape index (κ2) is 8.42. The molecule has 1 aromatic carbocycles. The van der Waals surface area contributed by atoms with Crippen molar-refractivity contribution in [2.45, 2.75) is 50.7 Å². The predicted octanol–water partition coefficient (Wildman–Crippen LogP) is 3.32. The highest BCUT2D eigenvalue weighted by Gasteiger charge is 2.43. The average Bonchev–Trinajstić information content (AvgIpc) is 2.86. The van der Waals surface area contributed by atoms with Gasteiger partial charge in [-0.3, -0.25) is 4.79 Å². The summed E-state index contributed by atoms with van der Waals surface area (Å²) in [5, 5.41) is 0. The van der Waals surface area contributed by atoms with Crippen molar-refractivity contribution in [3.05, 3.63) is 29.8 Å². The molecule has 1 saturated heterocycles. The molecule has 5 nitrogen and oxygen atoms in total. The lowest BCUT2D eigenvalue weighted by molar-refractivity contribution is -0.142. The molecular weight excluding hydrogens is 352 g/mol. The van der Waals surface area contributed by atoms with Crippen LogP contribution in [0.1, 0.15) is 44.1 Å². The third-order valence-electron chi connectivity index (χ3n) is 6.66. The summed E-state index contributed by atoms with van der Waals surface area (Å²) in [5.41, 5.74) is 0.895. The molecule has 1 saturated carbocycles. The van der Waals surface area contributed by atoms with Crippen molar-refractivity contribution >= 4 is 5.91 Å². The van der Waals surface area contributed by atoms with Gasteiger partial charge in [0.15, 0.2) is 0 Å². The molecule has 4 rings (SSSR count). The van der Waals surface area contributed by atoms with Gasteiger partial charge in [-0.15, -0.1) is 0 Å². The van der Waals surface area contributed by atoms with Crippen LogP contribution < -0.4 is 4.74 Å². The van der Waals surface area contributed by atoms with Crippen LogP contribution in [0, 0.1) is 11.8 Å². The fourth-order valence-corrected chi connectivity index (χ4v) is 5.13. The second-order valence-corrected chi connectivity index (χ2v) is 9.18. The maximum Gasteiger partial charge on any atom is 0.226 e. The Labute approximate surface area is 169 Å². The molecule has 2 fully saturated rings. The van der Waals surface area contributed by atoms with Crippen molar-refractivity contribution < 1.29 is 14.3 Å². The zero-order valence-electron chi connectivity index (χ0n) is 17.4. The van der Waals surface area contributed by atoms with E-state index in [1.807, 2.05) is 12.1 Å². The van der Waals surface area contributed by atoms with Crippen LogP contribution in [0.5, 0.6) is 5.75 Å². The molecule has 154 valence electrons. The van der Waals surface area contributed by atoms with Gasteiger partial charge in [-0.2, -0.15) is 0 Å². The Hall–Kier alpha value is -1.59. The van der Waals surface area contributed by atoms with Gasteiger partial charge in [-0.05, 0) is 64.6 Å². The molecule has 5 heteroatoms. The number of hydrogen-bond acceptors (Lipinski definition) is 4. The topological polar surface area (TPSA) is 42.0 Å². The van der Waals surface area contributed by atoms with E-state index in [1.165, 1.54) is 12.8 Å². The molecule has 0 atom stereocenters. The minimum Gasteiger partial charge on any atom is -0.485 e. The lowest BCUT2D eigenvalue weighted by Gasteiger charge is -2.42. The van der Waals surface area contributed by atoms with Crippen molar-refractivity contribution in [1.82, 2.24) is 9.80 Å². The lowest BCUT2D eigenvalue weighted by atomic mass is 9.78. The van der Waals surface area contributed by atoms with Crippen molar-refractivity contribution in [1.29, 1.82) is 0 Å². The minimum atomic E-state index is -0.240. The fraction of sp³-hybridized carbons (Fsp3) is 0.696. The first-order valence-corrected chi connectivity index (χ1v) is 10.8. The summed E-state index contributed by atoms with van der Waals surface area (Å²) in [6.45, 7) is 3.92. The highest BCUT2D eigenvalue weighted by atomic mass is 16.5. The van der Waals surface area contributed by atoms with E-state index in [0.717, 1.165) is 49.5 Å². The zero-order chi connectivity index (χ0) is 19.6. The van der Waals surface area contributed by atoms with Crippen molar-refractivity contribution in [3.8, 4) is 5.75 Å². The van der Waals surface area contributed by atoms with E-state index in [4.69, 9.17) is 9.47 Å². The number of amides is 1. The zero-order valence-corrected chi connectivity index (χ0v) is 17.4.